The van der Waals surface area contributed by atoms with Crippen molar-refractivity contribution in [3.63, 3.8) is 0 Å². The van der Waals surface area contributed by atoms with Crippen LogP contribution in [0.25, 0.3) is 0 Å². The largest absolute Gasteiger partial charge is 0.493 e. The normalized spacial score (nSPS) is 18.4. The molecule has 30 heavy (non-hydrogen) atoms. The zero-order valence-electron chi connectivity index (χ0n) is 18.9. The first-order valence-electron chi connectivity index (χ1n) is 11.5. The van der Waals surface area contributed by atoms with Gasteiger partial charge in [-0.1, -0.05) is 44.9 Å². The number of rotatable bonds is 7. The lowest BCUT2D eigenvalue weighted by Gasteiger charge is -2.35. The van der Waals surface area contributed by atoms with Crippen molar-refractivity contribution in [2.24, 2.45) is 0 Å². The third kappa shape index (κ3) is 5.71. The lowest BCUT2D eigenvalue weighted by molar-refractivity contribution is 0.283. The van der Waals surface area contributed by atoms with Gasteiger partial charge in [0.05, 0.1) is 21.3 Å². The third-order valence-electron chi connectivity index (χ3n) is 6.59. The first kappa shape index (κ1) is 23.0. The Kier molecular flexibility index (Phi) is 8.91. The lowest BCUT2D eigenvalue weighted by atomic mass is 9.97. The van der Waals surface area contributed by atoms with Gasteiger partial charge in [-0.2, -0.15) is 0 Å². The fraction of sp³-hybridized carbons (Fsp3) is 0.708. The van der Waals surface area contributed by atoms with Crippen molar-refractivity contribution in [2.45, 2.75) is 89.3 Å². The number of nitrogens with zero attached hydrogens (tertiary/aromatic N) is 1. The summed E-state index contributed by atoms with van der Waals surface area (Å²) in [4.78, 5) is 2.39. The van der Waals surface area contributed by atoms with Crippen LogP contribution in [0, 0.1) is 0 Å². The Hall–Kier alpha value is -1.69. The average molecular weight is 435 g/mol. The highest BCUT2D eigenvalue weighted by atomic mass is 32.1. The minimum absolute atomic E-state index is 0.483. The number of nitrogens with one attached hydrogen (secondary N) is 1. The highest BCUT2D eigenvalue weighted by Crippen LogP contribution is 2.40. The molecule has 0 saturated heterocycles. The Labute approximate surface area is 187 Å². The van der Waals surface area contributed by atoms with Gasteiger partial charge in [-0.05, 0) is 50.0 Å². The lowest BCUT2D eigenvalue weighted by Crippen LogP contribution is -2.48. The highest BCUT2D eigenvalue weighted by molar-refractivity contribution is 7.80. The number of thiocarbonyl (C=S) groups is 1. The van der Waals surface area contributed by atoms with Crippen molar-refractivity contribution in [1.82, 2.24) is 10.2 Å². The molecule has 0 radical (unpaired) electrons. The second-order valence-corrected chi connectivity index (χ2v) is 8.94. The van der Waals surface area contributed by atoms with E-state index in [0.717, 1.165) is 16.4 Å². The molecule has 2 saturated carbocycles. The van der Waals surface area contributed by atoms with Crippen molar-refractivity contribution < 1.29 is 14.2 Å². The van der Waals surface area contributed by atoms with Gasteiger partial charge in [-0.25, -0.2) is 0 Å². The summed E-state index contributed by atoms with van der Waals surface area (Å²) in [7, 11) is 4.99. The minimum Gasteiger partial charge on any atom is -0.493 e. The summed E-state index contributed by atoms with van der Waals surface area (Å²) < 4.78 is 16.8. The molecule has 3 rings (SSSR count). The first-order valence-corrected chi connectivity index (χ1v) is 11.9. The van der Waals surface area contributed by atoms with Crippen LogP contribution < -0.4 is 19.5 Å². The summed E-state index contributed by atoms with van der Waals surface area (Å²) >= 11 is 5.98. The van der Waals surface area contributed by atoms with Crippen LogP contribution in [-0.2, 0) is 6.54 Å². The molecule has 168 valence electrons. The van der Waals surface area contributed by atoms with E-state index in [1.807, 2.05) is 6.07 Å². The Morgan fingerprint density at radius 3 is 2.07 bits per heavy atom. The Bertz CT molecular complexity index is 683. The van der Waals surface area contributed by atoms with E-state index in [1.54, 1.807) is 21.3 Å². The molecule has 0 bridgehead atoms. The predicted octanol–water partition coefficient (Wildman–Crippen LogP) is 5.44. The van der Waals surface area contributed by atoms with Gasteiger partial charge in [-0.3, -0.25) is 0 Å². The molecule has 0 aliphatic heterocycles. The van der Waals surface area contributed by atoms with Crippen molar-refractivity contribution >= 4 is 17.3 Å². The van der Waals surface area contributed by atoms with Gasteiger partial charge in [0.15, 0.2) is 16.6 Å². The molecular weight excluding hydrogens is 396 g/mol. The number of hydrogen-bond acceptors (Lipinski definition) is 4. The number of ether oxygens (including phenoxy) is 3. The summed E-state index contributed by atoms with van der Waals surface area (Å²) in [6, 6.07) is 5.00. The standard InChI is InChI=1S/C24H38N2O3S/c1-27-21-16-15-18(22(28-2)23(21)29-3)17-26(20-13-9-10-14-20)24(30)25-19-11-7-5-4-6-8-12-19/h15-16,19-20H,4-14,17H2,1-3H3,(H,25,30). The molecule has 2 aliphatic rings. The van der Waals surface area contributed by atoms with Gasteiger partial charge >= 0.3 is 0 Å². The topological polar surface area (TPSA) is 43.0 Å². The van der Waals surface area contributed by atoms with Crippen LogP contribution >= 0.6 is 12.2 Å². The monoisotopic (exact) mass is 434 g/mol. The molecule has 6 heteroatoms. The van der Waals surface area contributed by atoms with Crippen molar-refractivity contribution in [3.8, 4) is 17.2 Å². The van der Waals surface area contributed by atoms with Crippen LogP contribution in [0.1, 0.15) is 76.2 Å². The number of methoxy groups -OCH3 is 3. The van der Waals surface area contributed by atoms with Crippen LogP contribution in [0.4, 0.5) is 0 Å². The zero-order valence-corrected chi connectivity index (χ0v) is 19.7. The quantitative estimate of drug-likeness (QED) is 0.576. The molecule has 1 aromatic carbocycles. The number of benzene rings is 1. The Morgan fingerprint density at radius 1 is 0.867 bits per heavy atom. The molecule has 0 aromatic heterocycles. The van der Waals surface area contributed by atoms with Gasteiger partial charge in [0, 0.05) is 24.2 Å². The average Bonchev–Trinajstić information content (AvgIpc) is 3.27. The van der Waals surface area contributed by atoms with Crippen molar-refractivity contribution in [1.29, 1.82) is 0 Å². The molecular formula is C24H38N2O3S. The van der Waals surface area contributed by atoms with E-state index in [1.165, 1.54) is 70.6 Å². The van der Waals surface area contributed by atoms with Crippen LogP contribution in [-0.4, -0.2) is 43.4 Å². The van der Waals surface area contributed by atoms with E-state index in [9.17, 15) is 0 Å². The molecule has 2 aliphatic carbocycles. The summed E-state index contributed by atoms with van der Waals surface area (Å²) in [6.07, 6.45) is 14.1. The second-order valence-electron chi connectivity index (χ2n) is 8.55. The van der Waals surface area contributed by atoms with Crippen LogP contribution in [0.2, 0.25) is 0 Å². The van der Waals surface area contributed by atoms with Gasteiger partial charge in [0.2, 0.25) is 5.75 Å². The van der Waals surface area contributed by atoms with Gasteiger partial charge in [-0.15, -0.1) is 0 Å². The molecule has 2 fully saturated rings. The number of hydrogen-bond donors (Lipinski definition) is 1. The Balaban J connectivity index is 1.79. The summed E-state index contributed by atoms with van der Waals surface area (Å²) in [5.74, 6) is 2.05. The van der Waals surface area contributed by atoms with Crippen molar-refractivity contribution in [3.05, 3.63) is 17.7 Å². The smallest absolute Gasteiger partial charge is 0.203 e. The maximum absolute atomic E-state index is 5.98. The predicted molar refractivity (Wildman–Crippen MR) is 126 cm³/mol. The first-order chi connectivity index (χ1) is 14.7. The van der Waals surface area contributed by atoms with Gasteiger partial charge < -0.3 is 24.4 Å². The van der Waals surface area contributed by atoms with Crippen LogP contribution in [0.15, 0.2) is 12.1 Å². The minimum atomic E-state index is 0.483. The van der Waals surface area contributed by atoms with Crippen LogP contribution in [0.3, 0.4) is 0 Å². The molecule has 1 N–H and O–H groups in total. The van der Waals surface area contributed by atoms with E-state index in [-0.39, 0.29) is 0 Å². The Morgan fingerprint density at radius 2 is 1.47 bits per heavy atom. The second kappa shape index (κ2) is 11.6. The van der Waals surface area contributed by atoms with E-state index < -0.39 is 0 Å². The zero-order chi connectivity index (χ0) is 21.3. The van der Waals surface area contributed by atoms with E-state index >= 15 is 0 Å². The van der Waals surface area contributed by atoms with E-state index in [0.29, 0.717) is 30.1 Å². The summed E-state index contributed by atoms with van der Waals surface area (Å²) in [5.41, 5.74) is 1.07. The fourth-order valence-corrected chi connectivity index (χ4v) is 5.29. The highest BCUT2D eigenvalue weighted by Gasteiger charge is 2.28. The molecule has 0 amide bonds. The summed E-state index contributed by atoms with van der Waals surface area (Å²) in [6.45, 7) is 0.715. The van der Waals surface area contributed by atoms with Gasteiger partial charge in [0.1, 0.15) is 0 Å². The molecule has 0 atom stereocenters. The maximum Gasteiger partial charge on any atom is 0.203 e. The van der Waals surface area contributed by atoms with E-state index in [4.69, 9.17) is 26.4 Å². The molecule has 0 heterocycles. The molecule has 5 nitrogen and oxygen atoms in total. The summed E-state index contributed by atoms with van der Waals surface area (Å²) in [5, 5.41) is 4.63. The SMILES string of the molecule is COc1ccc(CN(C(=S)NC2CCCCCCC2)C2CCCC2)c(OC)c1OC. The molecule has 1 aromatic rings. The molecule has 0 unspecified atom stereocenters. The van der Waals surface area contributed by atoms with Gasteiger partial charge in [0.25, 0.3) is 0 Å². The van der Waals surface area contributed by atoms with E-state index in [2.05, 4.69) is 16.3 Å². The third-order valence-corrected chi connectivity index (χ3v) is 6.94. The van der Waals surface area contributed by atoms with Crippen molar-refractivity contribution in [2.75, 3.05) is 21.3 Å². The van der Waals surface area contributed by atoms with Crippen LogP contribution in [0.5, 0.6) is 17.2 Å². The molecule has 0 spiro atoms. The maximum atomic E-state index is 5.98. The fourth-order valence-electron chi connectivity index (χ4n) is 4.91.